The number of hydrogen-bond donors (Lipinski definition) is 6. The smallest absolute Gasteiger partial charge is 0.239 e. The number of aliphatic imine (C=N–C) groups is 1. The van der Waals surface area contributed by atoms with E-state index in [0.29, 0.717) is 19.4 Å². The molecule has 0 bridgehead atoms. The first kappa shape index (κ1) is 42.3. The van der Waals surface area contributed by atoms with E-state index in [-0.39, 0.29) is 17.9 Å². The minimum Gasteiger partial charge on any atom is -0.370 e. The van der Waals surface area contributed by atoms with Crippen LogP contribution in [0.4, 0.5) is 0 Å². The van der Waals surface area contributed by atoms with Gasteiger partial charge < -0.3 is 34.0 Å². The second-order valence-electron chi connectivity index (χ2n) is 13.0. The third-order valence-corrected chi connectivity index (χ3v) is 8.76. The molecule has 0 aliphatic rings. The number of carbonyl (C=O) groups excluding carboxylic acids is 2. The summed E-state index contributed by atoms with van der Waals surface area (Å²) in [5.74, 6) is -0.770. The largest absolute Gasteiger partial charge is 0.370 e. The van der Waals surface area contributed by atoms with Crippen LogP contribution >= 0.6 is 0 Å². The number of nitrogens with zero attached hydrogens (tertiary/aromatic N) is 1. The fourth-order valence-corrected chi connectivity index (χ4v) is 5.77. The molecule has 0 fully saturated rings. The Morgan fingerprint density at radius 2 is 0.932 bits per heavy atom. The van der Waals surface area contributed by atoms with Crippen LogP contribution in [0.2, 0.25) is 0 Å². The third-order valence-electron chi connectivity index (χ3n) is 8.76. The molecular formula is C35H73N7O2. The van der Waals surface area contributed by atoms with Crippen LogP contribution in [0.3, 0.4) is 0 Å². The van der Waals surface area contributed by atoms with Crippen molar-refractivity contribution in [2.75, 3.05) is 6.54 Å². The maximum Gasteiger partial charge on any atom is 0.239 e. The van der Waals surface area contributed by atoms with Gasteiger partial charge in [0.1, 0.15) is 6.04 Å². The SMILES string of the molecule is CCCCCCCCCCCCCC(CCCCCCCCCCCC)NC(=O)C(N)C(N)C(=O)[C@@H](N)CCCN=C(N)N. The maximum atomic E-state index is 13.1. The summed E-state index contributed by atoms with van der Waals surface area (Å²) < 4.78 is 0. The molecule has 0 radical (unpaired) electrons. The van der Waals surface area contributed by atoms with E-state index in [0.717, 1.165) is 25.7 Å². The third kappa shape index (κ3) is 24.6. The number of unbranched alkanes of at least 4 members (excludes halogenated alkanes) is 19. The van der Waals surface area contributed by atoms with Gasteiger partial charge in [-0.05, 0) is 25.7 Å². The molecule has 9 heteroatoms. The molecule has 0 heterocycles. The van der Waals surface area contributed by atoms with E-state index in [9.17, 15) is 9.59 Å². The first-order chi connectivity index (χ1) is 21.2. The highest BCUT2D eigenvalue weighted by atomic mass is 16.2. The second-order valence-corrected chi connectivity index (χ2v) is 13.0. The average Bonchev–Trinajstić information content (AvgIpc) is 3.01. The lowest BCUT2D eigenvalue weighted by molar-refractivity contribution is -0.129. The highest BCUT2D eigenvalue weighted by Gasteiger charge is 2.31. The van der Waals surface area contributed by atoms with Gasteiger partial charge in [0.15, 0.2) is 11.7 Å². The number of hydrogen-bond acceptors (Lipinski definition) is 6. The van der Waals surface area contributed by atoms with Crippen molar-refractivity contribution < 1.29 is 9.59 Å². The minimum absolute atomic E-state index is 0.000757. The number of guanidine groups is 1. The van der Waals surface area contributed by atoms with Crippen LogP contribution in [0, 0.1) is 0 Å². The standard InChI is InChI=1S/C35H73N7O2/c1-3-5-7-9-11-13-15-17-19-21-23-26-29(25-22-20-18-16-14-12-10-8-6-4-2)42-34(44)32(38)31(37)33(43)30(36)27-24-28-41-35(39)40/h29-32H,3-28,36-38H2,1-2H3,(H,42,44)(H4,39,40,41)/t29?,30-,31?,32?/m0/s1. The van der Waals surface area contributed by atoms with E-state index < -0.39 is 23.9 Å². The molecule has 0 aromatic rings. The molecule has 0 rings (SSSR count). The monoisotopic (exact) mass is 624 g/mol. The van der Waals surface area contributed by atoms with Crippen LogP contribution in [0.1, 0.15) is 174 Å². The number of rotatable bonds is 32. The number of nitrogens with two attached hydrogens (primary N) is 5. The molecule has 0 saturated carbocycles. The lowest BCUT2D eigenvalue weighted by Gasteiger charge is -2.25. The first-order valence-electron chi connectivity index (χ1n) is 18.4. The zero-order chi connectivity index (χ0) is 32.8. The van der Waals surface area contributed by atoms with Crippen molar-refractivity contribution in [2.45, 2.75) is 199 Å². The summed E-state index contributed by atoms with van der Waals surface area (Å²) in [6.45, 7) is 4.89. The molecule has 0 aromatic carbocycles. The van der Waals surface area contributed by atoms with Crippen molar-refractivity contribution in [2.24, 2.45) is 33.7 Å². The summed E-state index contributed by atoms with van der Waals surface area (Å²) in [7, 11) is 0. The predicted octanol–water partition coefficient (Wildman–Crippen LogP) is 6.09. The summed E-state index contributed by atoms with van der Waals surface area (Å²) in [5.41, 5.74) is 29.0. The number of nitrogens with one attached hydrogen (secondary N) is 1. The fourth-order valence-electron chi connectivity index (χ4n) is 5.77. The molecule has 3 unspecified atom stereocenters. The quantitative estimate of drug-likeness (QED) is 0.0297. The topological polar surface area (TPSA) is 189 Å². The van der Waals surface area contributed by atoms with Gasteiger partial charge in [-0.2, -0.15) is 0 Å². The molecule has 44 heavy (non-hydrogen) atoms. The molecule has 0 aliphatic heterocycles. The van der Waals surface area contributed by atoms with Gasteiger partial charge in [0.25, 0.3) is 0 Å². The molecule has 4 atom stereocenters. The normalized spacial score (nSPS) is 14.1. The van der Waals surface area contributed by atoms with E-state index in [4.69, 9.17) is 28.7 Å². The van der Waals surface area contributed by atoms with Gasteiger partial charge in [-0.25, -0.2) is 0 Å². The molecule has 11 N–H and O–H groups in total. The first-order valence-corrected chi connectivity index (χ1v) is 18.4. The van der Waals surface area contributed by atoms with Crippen molar-refractivity contribution in [3.05, 3.63) is 0 Å². The Kier molecular flexibility index (Phi) is 28.8. The van der Waals surface area contributed by atoms with Crippen molar-refractivity contribution in [3.63, 3.8) is 0 Å². The van der Waals surface area contributed by atoms with Crippen molar-refractivity contribution in [3.8, 4) is 0 Å². The lowest BCUT2D eigenvalue weighted by Crippen LogP contribution is -2.59. The Balaban J connectivity index is 4.62. The van der Waals surface area contributed by atoms with Gasteiger partial charge >= 0.3 is 0 Å². The van der Waals surface area contributed by atoms with Crippen molar-refractivity contribution >= 4 is 17.6 Å². The predicted molar refractivity (Wildman–Crippen MR) is 188 cm³/mol. The van der Waals surface area contributed by atoms with Crippen LogP contribution in [-0.4, -0.2) is 48.4 Å². The van der Waals surface area contributed by atoms with Crippen LogP contribution in [0.25, 0.3) is 0 Å². The van der Waals surface area contributed by atoms with Crippen LogP contribution in [-0.2, 0) is 9.59 Å². The van der Waals surface area contributed by atoms with Gasteiger partial charge in [-0.1, -0.05) is 149 Å². The Morgan fingerprint density at radius 1 is 0.545 bits per heavy atom. The Morgan fingerprint density at radius 3 is 1.32 bits per heavy atom. The molecule has 260 valence electrons. The highest BCUT2D eigenvalue weighted by Crippen LogP contribution is 2.17. The summed E-state index contributed by atoms with van der Waals surface area (Å²) in [4.78, 5) is 29.8. The van der Waals surface area contributed by atoms with E-state index in [1.54, 1.807) is 0 Å². The summed E-state index contributed by atoms with van der Waals surface area (Å²) in [6.07, 6.45) is 29.8. The number of amides is 1. The Hall–Kier alpha value is -1.71. The maximum absolute atomic E-state index is 13.1. The van der Waals surface area contributed by atoms with Crippen molar-refractivity contribution in [1.29, 1.82) is 0 Å². The zero-order valence-electron chi connectivity index (χ0n) is 28.8. The minimum atomic E-state index is -1.15. The fraction of sp³-hybridized carbons (Fsp3) is 0.914. The molecular weight excluding hydrogens is 550 g/mol. The number of carbonyl (C=O) groups is 2. The van der Waals surface area contributed by atoms with Crippen LogP contribution < -0.4 is 34.0 Å². The average molecular weight is 624 g/mol. The molecule has 0 aromatic heterocycles. The van der Waals surface area contributed by atoms with Crippen LogP contribution in [0.15, 0.2) is 4.99 Å². The highest BCUT2D eigenvalue weighted by molar-refractivity contribution is 5.95. The van der Waals surface area contributed by atoms with Gasteiger partial charge in [0.05, 0.1) is 12.1 Å². The summed E-state index contributed by atoms with van der Waals surface area (Å²) in [6, 6.07) is -3.03. The molecule has 0 spiro atoms. The summed E-state index contributed by atoms with van der Waals surface area (Å²) in [5, 5.41) is 3.14. The van der Waals surface area contributed by atoms with Crippen LogP contribution in [0.5, 0.6) is 0 Å². The molecule has 0 aliphatic carbocycles. The number of Topliss-reactive ketones (excluding diaryl/α,β-unsaturated/α-hetero) is 1. The zero-order valence-corrected chi connectivity index (χ0v) is 28.8. The summed E-state index contributed by atoms with van der Waals surface area (Å²) >= 11 is 0. The van der Waals surface area contributed by atoms with Crippen molar-refractivity contribution in [1.82, 2.24) is 5.32 Å². The molecule has 0 saturated heterocycles. The number of ketones is 1. The Bertz CT molecular complexity index is 715. The second kappa shape index (κ2) is 30.0. The molecule has 9 nitrogen and oxygen atoms in total. The van der Waals surface area contributed by atoms with E-state index in [1.807, 2.05) is 0 Å². The van der Waals surface area contributed by atoms with E-state index in [2.05, 4.69) is 24.2 Å². The Labute approximate surface area is 271 Å². The van der Waals surface area contributed by atoms with Gasteiger partial charge in [-0.3, -0.25) is 14.6 Å². The molecule has 1 amide bonds. The van der Waals surface area contributed by atoms with Gasteiger partial charge in [0.2, 0.25) is 5.91 Å². The lowest BCUT2D eigenvalue weighted by atomic mass is 9.95. The van der Waals surface area contributed by atoms with E-state index >= 15 is 0 Å². The van der Waals surface area contributed by atoms with E-state index in [1.165, 1.54) is 122 Å². The van der Waals surface area contributed by atoms with Gasteiger partial charge in [-0.15, -0.1) is 0 Å². The van der Waals surface area contributed by atoms with Gasteiger partial charge in [0, 0.05) is 12.6 Å².